The van der Waals surface area contributed by atoms with E-state index in [2.05, 4.69) is 26.5 Å². The van der Waals surface area contributed by atoms with Crippen molar-refractivity contribution in [2.45, 2.75) is 32.4 Å². The summed E-state index contributed by atoms with van der Waals surface area (Å²) in [6, 6.07) is 34.2. The minimum Gasteiger partial charge on any atom is -0.343 e. The van der Waals surface area contributed by atoms with Gasteiger partial charge >= 0.3 is 0 Å². The lowest BCUT2D eigenvalue weighted by Crippen LogP contribution is -2.50. The summed E-state index contributed by atoms with van der Waals surface area (Å²) in [6.45, 7) is 4.47. The predicted molar refractivity (Wildman–Crippen MR) is 170 cm³/mol. The number of para-hydroxylation sites is 1. The van der Waals surface area contributed by atoms with Crippen LogP contribution in [0.2, 0.25) is 5.02 Å². The van der Waals surface area contributed by atoms with E-state index >= 15 is 0 Å². The van der Waals surface area contributed by atoms with E-state index in [0.29, 0.717) is 11.6 Å². The van der Waals surface area contributed by atoms with Crippen LogP contribution >= 0.6 is 11.6 Å². The van der Waals surface area contributed by atoms with Crippen molar-refractivity contribution in [2.24, 2.45) is 11.0 Å². The first-order chi connectivity index (χ1) is 20.4. The molecule has 0 unspecified atom stereocenters. The summed E-state index contributed by atoms with van der Waals surface area (Å²) in [6.07, 6.45) is 3.66. The summed E-state index contributed by atoms with van der Waals surface area (Å²) in [5, 5.41) is 9.00. The summed E-state index contributed by atoms with van der Waals surface area (Å²) < 4.78 is 2.15. The van der Waals surface area contributed by atoms with Crippen molar-refractivity contribution >= 4 is 40.5 Å². The first-order valence-electron chi connectivity index (χ1n) is 14.0. The van der Waals surface area contributed by atoms with Crippen LogP contribution in [0.25, 0.3) is 10.9 Å². The molecule has 0 aliphatic carbocycles. The number of carbonyl (C=O) groups is 2. The molecule has 0 saturated heterocycles. The van der Waals surface area contributed by atoms with E-state index in [-0.39, 0.29) is 17.7 Å². The average Bonchev–Trinajstić information content (AvgIpc) is 3.35. The number of nitrogens with one attached hydrogen (secondary N) is 2. The van der Waals surface area contributed by atoms with E-state index in [1.165, 1.54) is 0 Å². The summed E-state index contributed by atoms with van der Waals surface area (Å²) in [7, 11) is 0. The number of amides is 2. The molecule has 4 aromatic carbocycles. The summed E-state index contributed by atoms with van der Waals surface area (Å²) in [5.74, 6) is -1.32. The number of benzene rings is 4. The second kappa shape index (κ2) is 13.3. The Hall–Kier alpha value is -4.68. The molecule has 0 bridgehead atoms. The van der Waals surface area contributed by atoms with Crippen LogP contribution in [0.15, 0.2) is 120 Å². The maximum absolute atomic E-state index is 13.6. The topological polar surface area (TPSA) is 75.5 Å². The van der Waals surface area contributed by atoms with E-state index in [1.807, 2.05) is 123 Å². The molecule has 2 amide bonds. The highest BCUT2D eigenvalue weighted by Gasteiger charge is 2.29. The second-order valence-electron chi connectivity index (χ2n) is 10.6. The Morgan fingerprint density at radius 2 is 1.40 bits per heavy atom. The van der Waals surface area contributed by atoms with Crippen molar-refractivity contribution in [1.82, 2.24) is 15.3 Å². The monoisotopic (exact) mass is 576 g/mol. The molecule has 1 aromatic heterocycles. The van der Waals surface area contributed by atoms with Gasteiger partial charge in [-0.05, 0) is 40.8 Å². The number of nitrogens with zero attached hydrogens (tertiary/aromatic N) is 2. The van der Waals surface area contributed by atoms with Crippen molar-refractivity contribution in [3.05, 3.63) is 143 Å². The molecule has 1 atom stereocenters. The standard InChI is InChI=1S/C35H33ClN4O2/c1-24(2)33(38-34(41)32(26-11-5-3-6-12-26)27-13-7-4-8-14-27)35(42)39-37-21-28-23-40(31-16-10-9-15-30(28)31)22-25-17-19-29(36)20-18-25/h3-21,23-24,32-33H,22H2,1-2H3,(H,38,41)(H,39,42)/b37-21-/t33-/m1/s1. The predicted octanol–water partition coefficient (Wildman–Crippen LogP) is 6.77. The van der Waals surface area contributed by atoms with Gasteiger partial charge in [0, 0.05) is 34.2 Å². The van der Waals surface area contributed by atoms with Crippen molar-refractivity contribution in [1.29, 1.82) is 0 Å². The van der Waals surface area contributed by atoms with Crippen LogP contribution < -0.4 is 10.7 Å². The van der Waals surface area contributed by atoms with Crippen LogP contribution in [0.4, 0.5) is 0 Å². The molecule has 0 aliphatic rings. The van der Waals surface area contributed by atoms with E-state index in [1.54, 1.807) is 6.21 Å². The van der Waals surface area contributed by atoms with Crippen LogP contribution in [0.1, 0.15) is 42.0 Å². The molecule has 0 saturated carbocycles. The Balaban J connectivity index is 1.32. The number of hydrazone groups is 1. The van der Waals surface area contributed by atoms with Crippen molar-refractivity contribution in [3.63, 3.8) is 0 Å². The first-order valence-corrected chi connectivity index (χ1v) is 14.3. The molecule has 5 rings (SSSR count). The molecule has 6 nitrogen and oxygen atoms in total. The van der Waals surface area contributed by atoms with E-state index in [0.717, 1.165) is 33.2 Å². The zero-order valence-corrected chi connectivity index (χ0v) is 24.3. The smallest absolute Gasteiger partial charge is 0.262 e. The second-order valence-corrected chi connectivity index (χ2v) is 11.0. The zero-order valence-electron chi connectivity index (χ0n) is 23.6. The molecular formula is C35H33ClN4O2. The van der Waals surface area contributed by atoms with E-state index in [9.17, 15) is 9.59 Å². The summed E-state index contributed by atoms with van der Waals surface area (Å²) >= 11 is 6.06. The molecule has 0 aliphatic heterocycles. The molecular weight excluding hydrogens is 544 g/mol. The minimum absolute atomic E-state index is 0.155. The molecule has 2 N–H and O–H groups in total. The lowest BCUT2D eigenvalue weighted by atomic mass is 9.89. The highest BCUT2D eigenvalue weighted by molar-refractivity contribution is 6.30. The summed E-state index contributed by atoms with van der Waals surface area (Å²) in [5.41, 5.74) is 7.43. The SMILES string of the molecule is CC(C)[C@@H](NC(=O)C(c1ccccc1)c1ccccc1)C(=O)N/N=C\c1cn(Cc2ccc(Cl)cc2)c2ccccc12. The summed E-state index contributed by atoms with van der Waals surface area (Å²) in [4.78, 5) is 26.9. The van der Waals surface area contributed by atoms with Gasteiger partial charge in [0.25, 0.3) is 5.91 Å². The number of hydrogen-bond donors (Lipinski definition) is 2. The normalized spacial score (nSPS) is 12.2. The Bertz CT molecular complexity index is 1640. The van der Waals surface area contributed by atoms with Gasteiger partial charge in [-0.1, -0.05) is 116 Å². The van der Waals surface area contributed by atoms with Gasteiger partial charge in [-0.15, -0.1) is 0 Å². The molecule has 1 heterocycles. The fourth-order valence-electron chi connectivity index (χ4n) is 5.09. The Morgan fingerprint density at radius 1 is 0.810 bits per heavy atom. The number of aromatic nitrogens is 1. The van der Waals surface area contributed by atoms with Crippen LogP contribution in [0.3, 0.4) is 0 Å². The van der Waals surface area contributed by atoms with Gasteiger partial charge in [-0.2, -0.15) is 5.10 Å². The van der Waals surface area contributed by atoms with E-state index < -0.39 is 12.0 Å². The van der Waals surface area contributed by atoms with Gasteiger partial charge in [0.2, 0.25) is 5.91 Å². The molecule has 0 radical (unpaired) electrons. The van der Waals surface area contributed by atoms with E-state index in [4.69, 9.17) is 11.6 Å². The number of rotatable bonds is 10. The number of fused-ring (bicyclic) bond motifs is 1. The number of halogens is 1. The lowest BCUT2D eigenvalue weighted by molar-refractivity contribution is -0.130. The molecule has 0 spiro atoms. The van der Waals surface area contributed by atoms with Gasteiger partial charge in [0.05, 0.1) is 12.1 Å². The molecule has 212 valence electrons. The van der Waals surface area contributed by atoms with Crippen molar-refractivity contribution in [2.75, 3.05) is 0 Å². The van der Waals surface area contributed by atoms with Crippen molar-refractivity contribution < 1.29 is 9.59 Å². The van der Waals surface area contributed by atoms with Gasteiger partial charge in [-0.3, -0.25) is 9.59 Å². The maximum Gasteiger partial charge on any atom is 0.262 e. The first kappa shape index (κ1) is 28.8. The lowest BCUT2D eigenvalue weighted by Gasteiger charge is -2.24. The quantitative estimate of drug-likeness (QED) is 0.142. The molecule has 0 fully saturated rings. The van der Waals surface area contributed by atoms with Crippen LogP contribution in [0.5, 0.6) is 0 Å². The van der Waals surface area contributed by atoms with Crippen LogP contribution in [-0.4, -0.2) is 28.6 Å². The highest BCUT2D eigenvalue weighted by atomic mass is 35.5. The average molecular weight is 577 g/mol. The third-order valence-electron chi connectivity index (χ3n) is 7.24. The molecule has 5 aromatic rings. The Morgan fingerprint density at radius 3 is 2.02 bits per heavy atom. The fourth-order valence-corrected chi connectivity index (χ4v) is 5.21. The van der Waals surface area contributed by atoms with Crippen LogP contribution in [-0.2, 0) is 16.1 Å². The fraction of sp³-hybridized carbons (Fsp3) is 0.171. The molecule has 42 heavy (non-hydrogen) atoms. The van der Waals surface area contributed by atoms with Gasteiger partial charge in [0.15, 0.2) is 0 Å². The zero-order chi connectivity index (χ0) is 29.5. The highest BCUT2D eigenvalue weighted by Crippen LogP contribution is 2.25. The van der Waals surface area contributed by atoms with Crippen molar-refractivity contribution in [3.8, 4) is 0 Å². The van der Waals surface area contributed by atoms with Crippen LogP contribution in [0, 0.1) is 5.92 Å². The number of carbonyl (C=O) groups excluding carboxylic acids is 2. The Kier molecular flexibility index (Phi) is 9.15. The molecule has 7 heteroatoms. The Labute approximate surface area is 251 Å². The van der Waals surface area contributed by atoms with Gasteiger partial charge in [0.1, 0.15) is 6.04 Å². The largest absolute Gasteiger partial charge is 0.343 e. The van der Waals surface area contributed by atoms with Gasteiger partial charge in [-0.25, -0.2) is 5.43 Å². The third-order valence-corrected chi connectivity index (χ3v) is 7.49. The maximum atomic E-state index is 13.6. The minimum atomic E-state index is -0.768. The third kappa shape index (κ3) is 6.78. The number of hydrogen-bond acceptors (Lipinski definition) is 3. The van der Waals surface area contributed by atoms with Gasteiger partial charge < -0.3 is 9.88 Å².